The van der Waals surface area contributed by atoms with Crippen LogP contribution in [-0.4, -0.2) is 26.0 Å². The maximum atomic E-state index is 14.1. The average Bonchev–Trinajstić information content (AvgIpc) is 3.33. The van der Waals surface area contributed by atoms with Crippen LogP contribution in [0.25, 0.3) is 5.65 Å². The SMILES string of the molecule is Cc1cc(N2C=C3CCCN3C2c2ccc3ncnn3c2)cc(C)c1F. The van der Waals surface area contributed by atoms with Gasteiger partial charge in [-0.15, -0.1) is 0 Å². The highest BCUT2D eigenvalue weighted by atomic mass is 19.1. The number of nitrogens with zero attached hydrogens (tertiary/aromatic N) is 5. The first kappa shape index (κ1) is 15.4. The lowest BCUT2D eigenvalue weighted by atomic mass is 10.1. The van der Waals surface area contributed by atoms with E-state index in [4.69, 9.17) is 0 Å². The molecule has 4 heterocycles. The van der Waals surface area contributed by atoms with E-state index in [1.165, 1.54) is 12.1 Å². The van der Waals surface area contributed by atoms with Crippen molar-refractivity contribution in [3.8, 4) is 0 Å². The van der Waals surface area contributed by atoms with Crippen molar-refractivity contribution in [3.63, 3.8) is 0 Å². The summed E-state index contributed by atoms with van der Waals surface area (Å²) < 4.78 is 15.9. The fourth-order valence-electron chi connectivity index (χ4n) is 4.13. The molecule has 1 atom stereocenters. The first-order valence-electron chi connectivity index (χ1n) is 8.93. The minimum atomic E-state index is -0.123. The number of anilines is 1. The van der Waals surface area contributed by atoms with E-state index >= 15 is 0 Å². The van der Waals surface area contributed by atoms with Gasteiger partial charge in [-0.1, -0.05) is 0 Å². The molecule has 2 aromatic heterocycles. The Labute approximate surface area is 151 Å². The molecule has 0 bridgehead atoms. The van der Waals surface area contributed by atoms with Crippen molar-refractivity contribution in [2.75, 3.05) is 11.4 Å². The fraction of sp³-hybridized carbons (Fsp3) is 0.300. The summed E-state index contributed by atoms with van der Waals surface area (Å²) in [4.78, 5) is 8.93. The Balaban J connectivity index is 1.63. The van der Waals surface area contributed by atoms with E-state index < -0.39 is 0 Å². The lowest BCUT2D eigenvalue weighted by Crippen LogP contribution is -2.31. The molecule has 132 valence electrons. The zero-order chi connectivity index (χ0) is 17.8. The smallest absolute Gasteiger partial charge is 0.155 e. The number of pyridine rings is 1. The first-order valence-corrected chi connectivity index (χ1v) is 8.93. The Bertz CT molecular complexity index is 1010. The zero-order valence-corrected chi connectivity index (χ0v) is 14.9. The number of fused-ring (bicyclic) bond motifs is 2. The summed E-state index contributed by atoms with van der Waals surface area (Å²) in [5.41, 5.74) is 5.70. The maximum Gasteiger partial charge on any atom is 0.155 e. The molecule has 0 amide bonds. The van der Waals surface area contributed by atoms with Crippen LogP contribution in [0.3, 0.4) is 0 Å². The Morgan fingerprint density at radius 1 is 1.15 bits per heavy atom. The molecule has 26 heavy (non-hydrogen) atoms. The van der Waals surface area contributed by atoms with Gasteiger partial charge in [-0.25, -0.2) is 13.9 Å². The minimum Gasteiger partial charge on any atom is -0.349 e. The quantitative estimate of drug-likeness (QED) is 0.702. The molecule has 2 aliphatic heterocycles. The maximum absolute atomic E-state index is 14.1. The molecule has 1 fully saturated rings. The summed E-state index contributed by atoms with van der Waals surface area (Å²) in [5.74, 6) is -0.123. The summed E-state index contributed by atoms with van der Waals surface area (Å²) in [5, 5.41) is 4.28. The summed E-state index contributed by atoms with van der Waals surface area (Å²) in [6.07, 6.45) is 8.14. The molecule has 1 unspecified atom stereocenters. The fourth-order valence-corrected chi connectivity index (χ4v) is 4.13. The topological polar surface area (TPSA) is 36.7 Å². The van der Waals surface area contributed by atoms with E-state index in [1.54, 1.807) is 6.33 Å². The van der Waals surface area contributed by atoms with Crippen LogP contribution < -0.4 is 4.90 Å². The third-order valence-electron chi connectivity index (χ3n) is 5.36. The van der Waals surface area contributed by atoms with Crippen LogP contribution in [0.1, 0.15) is 35.7 Å². The molecular weight excluding hydrogens is 329 g/mol. The normalized spacial score (nSPS) is 19.3. The Kier molecular flexibility index (Phi) is 3.29. The molecule has 1 aromatic carbocycles. The van der Waals surface area contributed by atoms with Crippen molar-refractivity contribution in [2.24, 2.45) is 0 Å². The molecule has 6 heteroatoms. The second-order valence-corrected chi connectivity index (χ2v) is 7.12. The standard InChI is InChI=1S/C20H20FN5/c1-13-8-17(9-14(2)19(13)21)25-11-16-4-3-7-24(16)20(25)15-5-6-18-22-12-23-26(18)10-15/h5-6,8-12,20H,3-4,7H2,1-2H3. The summed E-state index contributed by atoms with van der Waals surface area (Å²) in [6, 6.07) is 7.97. The van der Waals surface area contributed by atoms with Gasteiger partial charge in [-0.3, -0.25) is 0 Å². The molecular formula is C20H20FN5. The second-order valence-electron chi connectivity index (χ2n) is 7.12. The van der Waals surface area contributed by atoms with Crippen LogP contribution >= 0.6 is 0 Å². The first-order chi connectivity index (χ1) is 12.6. The number of rotatable bonds is 2. The monoisotopic (exact) mass is 349 g/mol. The van der Waals surface area contributed by atoms with E-state index in [0.717, 1.165) is 29.9 Å². The average molecular weight is 349 g/mol. The van der Waals surface area contributed by atoms with Crippen molar-refractivity contribution >= 4 is 11.3 Å². The van der Waals surface area contributed by atoms with Crippen LogP contribution in [-0.2, 0) is 0 Å². The van der Waals surface area contributed by atoms with Crippen LogP contribution in [0.15, 0.2) is 48.7 Å². The van der Waals surface area contributed by atoms with Gasteiger partial charge in [0.05, 0.1) is 0 Å². The lowest BCUT2D eigenvalue weighted by Gasteiger charge is -2.32. The molecule has 0 N–H and O–H groups in total. The van der Waals surface area contributed by atoms with Crippen molar-refractivity contribution in [2.45, 2.75) is 32.9 Å². The van der Waals surface area contributed by atoms with E-state index in [-0.39, 0.29) is 12.0 Å². The van der Waals surface area contributed by atoms with Crippen molar-refractivity contribution in [1.29, 1.82) is 0 Å². The largest absolute Gasteiger partial charge is 0.349 e. The van der Waals surface area contributed by atoms with Gasteiger partial charge in [0, 0.05) is 35.9 Å². The molecule has 0 saturated carbocycles. The summed E-state index contributed by atoms with van der Waals surface area (Å²) >= 11 is 0. The zero-order valence-electron chi connectivity index (χ0n) is 14.9. The van der Waals surface area contributed by atoms with Gasteiger partial charge in [0.2, 0.25) is 0 Å². The van der Waals surface area contributed by atoms with E-state index in [1.807, 2.05) is 42.8 Å². The van der Waals surface area contributed by atoms with Crippen molar-refractivity contribution in [3.05, 3.63) is 71.2 Å². The van der Waals surface area contributed by atoms with Gasteiger partial charge in [0.15, 0.2) is 5.65 Å². The third-order valence-corrected chi connectivity index (χ3v) is 5.36. The number of allylic oxidation sites excluding steroid dienone is 1. The Morgan fingerprint density at radius 2 is 1.96 bits per heavy atom. The van der Waals surface area contributed by atoms with Crippen molar-refractivity contribution < 1.29 is 4.39 Å². The van der Waals surface area contributed by atoms with E-state index in [0.29, 0.717) is 11.1 Å². The highest BCUT2D eigenvalue weighted by Gasteiger charge is 2.37. The Hall–Kier alpha value is -2.89. The van der Waals surface area contributed by atoms with Crippen LogP contribution in [0.5, 0.6) is 0 Å². The number of aryl methyl sites for hydroxylation is 2. The predicted molar refractivity (Wildman–Crippen MR) is 98.1 cm³/mol. The number of aromatic nitrogens is 3. The molecule has 0 radical (unpaired) electrons. The molecule has 2 aliphatic rings. The Morgan fingerprint density at radius 3 is 2.77 bits per heavy atom. The summed E-state index contributed by atoms with van der Waals surface area (Å²) in [7, 11) is 0. The molecule has 0 spiro atoms. The van der Waals surface area contributed by atoms with Crippen LogP contribution in [0.4, 0.5) is 10.1 Å². The minimum absolute atomic E-state index is 0.0605. The highest BCUT2D eigenvalue weighted by molar-refractivity contribution is 5.58. The van der Waals surface area contributed by atoms with Gasteiger partial charge in [0.25, 0.3) is 0 Å². The second kappa shape index (κ2) is 5.56. The van der Waals surface area contributed by atoms with Gasteiger partial charge < -0.3 is 9.80 Å². The number of benzene rings is 1. The molecule has 1 saturated heterocycles. The van der Waals surface area contributed by atoms with Gasteiger partial charge >= 0.3 is 0 Å². The predicted octanol–water partition coefficient (Wildman–Crippen LogP) is 3.94. The van der Waals surface area contributed by atoms with Crippen molar-refractivity contribution in [1.82, 2.24) is 19.5 Å². The highest BCUT2D eigenvalue weighted by Crippen LogP contribution is 2.43. The van der Waals surface area contributed by atoms with Crippen LogP contribution in [0.2, 0.25) is 0 Å². The van der Waals surface area contributed by atoms with Gasteiger partial charge in [-0.05, 0) is 62.1 Å². The molecule has 0 aliphatic carbocycles. The van der Waals surface area contributed by atoms with Gasteiger partial charge in [0.1, 0.15) is 18.3 Å². The number of hydrogen-bond acceptors (Lipinski definition) is 4. The number of hydrogen-bond donors (Lipinski definition) is 0. The van der Waals surface area contributed by atoms with E-state index in [9.17, 15) is 4.39 Å². The molecule has 5 rings (SSSR count). The summed E-state index contributed by atoms with van der Waals surface area (Å²) in [6.45, 7) is 4.68. The number of halogens is 1. The molecule has 5 nitrogen and oxygen atoms in total. The third kappa shape index (κ3) is 2.21. The van der Waals surface area contributed by atoms with E-state index in [2.05, 4.69) is 32.1 Å². The lowest BCUT2D eigenvalue weighted by molar-refractivity contribution is 0.318. The van der Waals surface area contributed by atoms with Gasteiger partial charge in [-0.2, -0.15) is 5.10 Å². The van der Waals surface area contributed by atoms with Crippen LogP contribution in [0, 0.1) is 19.7 Å². The molecule has 3 aromatic rings.